The van der Waals surface area contributed by atoms with E-state index in [1.54, 1.807) is 29.2 Å². The van der Waals surface area contributed by atoms with E-state index in [1.165, 1.54) is 0 Å². The summed E-state index contributed by atoms with van der Waals surface area (Å²) in [6.07, 6.45) is 0. The fraction of sp³-hybridized carbons (Fsp3) is 0.500. The van der Waals surface area contributed by atoms with Crippen molar-refractivity contribution in [3.8, 4) is 0 Å². The fourth-order valence-corrected chi connectivity index (χ4v) is 2.01. The van der Waals surface area contributed by atoms with Gasteiger partial charge in [-0.15, -0.1) is 0 Å². The topological polar surface area (TPSA) is 93.0 Å². The molecule has 1 aromatic carbocycles. The predicted molar refractivity (Wildman–Crippen MR) is 87.2 cm³/mol. The molecule has 0 fully saturated rings. The molecular weight excluding hydrogens is 368 g/mol. The quantitative estimate of drug-likeness (QED) is 0.448. The van der Waals surface area contributed by atoms with E-state index in [4.69, 9.17) is 26.9 Å². The van der Waals surface area contributed by atoms with Gasteiger partial charge < -0.3 is 15.3 Å². The summed E-state index contributed by atoms with van der Waals surface area (Å²) in [4.78, 5) is 13.0. The number of nitrogens with one attached hydrogen (secondary N) is 1. The van der Waals surface area contributed by atoms with Gasteiger partial charge in [-0.25, -0.2) is 0 Å². The number of benzene rings is 1. The van der Waals surface area contributed by atoms with Gasteiger partial charge >= 0.3 is 84.4 Å². The summed E-state index contributed by atoms with van der Waals surface area (Å²) < 4.78 is 0. The second-order valence-electron chi connectivity index (χ2n) is 4.20. The first-order chi connectivity index (χ1) is 10.6. The van der Waals surface area contributed by atoms with E-state index in [-0.39, 0.29) is 25.7 Å². The fourth-order valence-electron chi connectivity index (χ4n) is 1.54. The van der Waals surface area contributed by atoms with Crippen molar-refractivity contribution in [2.75, 3.05) is 44.8 Å². The number of carbonyl (C=O) groups is 1. The van der Waals surface area contributed by atoms with Crippen LogP contribution in [0.15, 0.2) is 24.3 Å². The van der Waals surface area contributed by atoms with E-state index in [1.807, 2.05) is 16.5 Å². The predicted octanol–water partition coefficient (Wildman–Crippen LogP) is -0.539. The Morgan fingerprint density at radius 1 is 1.05 bits per heavy atom. The van der Waals surface area contributed by atoms with Crippen molar-refractivity contribution in [1.82, 2.24) is 10.2 Å². The zero-order valence-corrected chi connectivity index (χ0v) is 15.2. The van der Waals surface area contributed by atoms with Crippen LogP contribution in [-0.4, -0.2) is 87.5 Å². The Hall–Kier alpha value is -0.637. The maximum Gasteiger partial charge on any atom is 0.0558 e. The molecule has 0 atom stereocenters. The van der Waals surface area contributed by atoms with Gasteiger partial charge in [0.05, 0.1) is 19.8 Å². The molecule has 6 nitrogen and oxygen atoms in total. The van der Waals surface area contributed by atoms with E-state index in [0.717, 1.165) is 0 Å². The summed E-state index contributed by atoms with van der Waals surface area (Å²) in [6, 6.07) is 6.80. The number of rotatable bonds is 8. The maximum absolute atomic E-state index is 11.2. The molecule has 0 aliphatic rings. The smallest absolute Gasteiger partial charge is 0.0558 e. The van der Waals surface area contributed by atoms with Crippen LogP contribution in [0, 0.1) is 0 Å². The standard InChI is InChI=1S/C8H7ClGeNO.C6H15NO3/c9-7-3-1-6(2-4-7)8(12)11-5-10;8-4-1-7(2-5-9)3-6-10/h1-4H,5H2,(H,11,12);8-10H,1-6H2. The van der Waals surface area contributed by atoms with Gasteiger partial charge in [0.2, 0.25) is 0 Å². The monoisotopic (exact) mass is 391 g/mol. The Labute approximate surface area is 144 Å². The molecule has 123 valence electrons. The maximum atomic E-state index is 11.2. The van der Waals surface area contributed by atoms with Crippen LogP contribution in [0.1, 0.15) is 10.4 Å². The number of halogens is 1. The molecular formula is C14H22ClGeN2O4. The van der Waals surface area contributed by atoms with Crippen LogP contribution in [0.2, 0.25) is 5.02 Å². The third kappa shape index (κ3) is 10.1. The summed E-state index contributed by atoms with van der Waals surface area (Å²) in [5.74, 6) is -0.0610. The minimum Gasteiger partial charge on any atom is -0.395 e. The number of aliphatic hydroxyl groups excluding tert-OH is 3. The molecule has 0 saturated carbocycles. The van der Waals surface area contributed by atoms with Gasteiger partial charge in [0.25, 0.3) is 0 Å². The van der Waals surface area contributed by atoms with Gasteiger partial charge in [-0.3, -0.25) is 4.90 Å². The Morgan fingerprint density at radius 3 is 1.86 bits per heavy atom. The van der Waals surface area contributed by atoms with Gasteiger partial charge in [0, 0.05) is 19.6 Å². The van der Waals surface area contributed by atoms with Crippen LogP contribution in [0.4, 0.5) is 0 Å². The van der Waals surface area contributed by atoms with Gasteiger partial charge in [-0.1, -0.05) is 0 Å². The van der Waals surface area contributed by atoms with Crippen molar-refractivity contribution < 1.29 is 20.1 Å². The third-order valence-corrected chi connectivity index (χ3v) is 3.23. The number of hydrogen-bond donors (Lipinski definition) is 4. The second kappa shape index (κ2) is 14.0. The van der Waals surface area contributed by atoms with E-state index in [2.05, 4.69) is 5.32 Å². The third-order valence-electron chi connectivity index (χ3n) is 2.60. The first-order valence-electron chi connectivity index (χ1n) is 6.82. The first-order valence-corrected chi connectivity index (χ1v) is 8.68. The van der Waals surface area contributed by atoms with Crippen LogP contribution >= 0.6 is 11.6 Å². The molecule has 1 amide bonds. The Morgan fingerprint density at radius 2 is 1.50 bits per heavy atom. The van der Waals surface area contributed by atoms with E-state index < -0.39 is 0 Å². The molecule has 0 heterocycles. The number of aliphatic hydroxyl groups is 3. The molecule has 0 aromatic heterocycles. The van der Waals surface area contributed by atoms with Gasteiger partial charge in [0.15, 0.2) is 0 Å². The molecule has 0 bridgehead atoms. The largest absolute Gasteiger partial charge is 0.395 e. The summed E-state index contributed by atoms with van der Waals surface area (Å²) >= 11 is 7.54. The van der Waals surface area contributed by atoms with Crippen LogP contribution in [0.5, 0.6) is 0 Å². The average molecular weight is 390 g/mol. The molecule has 3 radical (unpaired) electrons. The Balaban J connectivity index is 0.000000409. The van der Waals surface area contributed by atoms with E-state index in [9.17, 15) is 4.79 Å². The SMILES string of the molecule is O=C(N[CH2][Ge])c1ccc(Cl)cc1.OCCN(CCO)CCO. The van der Waals surface area contributed by atoms with E-state index >= 15 is 0 Å². The molecule has 1 rings (SSSR count). The van der Waals surface area contributed by atoms with Crippen molar-refractivity contribution in [2.24, 2.45) is 0 Å². The van der Waals surface area contributed by atoms with Gasteiger partial charge in [-0.05, 0) is 0 Å². The van der Waals surface area contributed by atoms with Crippen molar-refractivity contribution in [3.05, 3.63) is 34.9 Å². The van der Waals surface area contributed by atoms with Crippen LogP contribution in [0.3, 0.4) is 0 Å². The molecule has 0 aliphatic heterocycles. The Bertz CT molecular complexity index is 392. The second-order valence-corrected chi connectivity index (χ2v) is 5.38. The number of amides is 1. The molecule has 0 saturated heterocycles. The summed E-state index contributed by atoms with van der Waals surface area (Å²) in [6.45, 7) is 1.75. The molecule has 0 aliphatic carbocycles. The minimum atomic E-state index is -0.0610. The van der Waals surface area contributed by atoms with Crippen LogP contribution in [0.25, 0.3) is 0 Å². The number of carbonyl (C=O) groups excluding carboxylic acids is 1. The summed E-state index contributed by atoms with van der Waals surface area (Å²) in [5, 5.41) is 29.4. The van der Waals surface area contributed by atoms with Crippen LogP contribution < -0.4 is 5.32 Å². The molecule has 22 heavy (non-hydrogen) atoms. The van der Waals surface area contributed by atoms with Crippen LogP contribution in [-0.2, 0) is 0 Å². The zero-order chi connectivity index (χ0) is 16.8. The summed E-state index contributed by atoms with van der Waals surface area (Å²) in [7, 11) is 0. The molecule has 1 aromatic rings. The molecule has 0 unspecified atom stereocenters. The normalized spacial score (nSPS) is 10.1. The minimum absolute atomic E-state index is 0.0610. The van der Waals surface area contributed by atoms with Crippen molar-refractivity contribution in [3.63, 3.8) is 0 Å². The zero-order valence-electron chi connectivity index (χ0n) is 12.3. The molecule has 0 spiro atoms. The molecule has 4 N–H and O–H groups in total. The van der Waals surface area contributed by atoms with Gasteiger partial charge in [-0.2, -0.15) is 0 Å². The van der Waals surface area contributed by atoms with Gasteiger partial charge in [0.1, 0.15) is 0 Å². The molecule has 8 heteroatoms. The first kappa shape index (κ1) is 21.4. The van der Waals surface area contributed by atoms with Crippen molar-refractivity contribution >= 4 is 34.0 Å². The Kier molecular flexibility index (Phi) is 13.6. The number of hydrogen-bond acceptors (Lipinski definition) is 5. The van der Waals surface area contributed by atoms with Crippen molar-refractivity contribution in [2.45, 2.75) is 0 Å². The van der Waals surface area contributed by atoms with E-state index in [0.29, 0.717) is 35.6 Å². The van der Waals surface area contributed by atoms with Crippen molar-refractivity contribution in [1.29, 1.82) is 0 Å². The number of nitrogens with zero attached hydrogens (tertiary/aromatic N) is 1. The average Bonchev–Trinajstić information content (AvgIpc) is 2.50. The summed E-state index contributed by atoms with van der Waals surface area (Å²) in [5.41, 5.74) is 0.640.